The van der Waals surface area contributed by atoms with Gasteiger partial charge < -0.3 is 15.7 Å². The molecule has 1 aromatic carbocycles. The first-order valence-corrected chi connectivity index (χ1v) is 5.02. The number of carbonyl (C=O) groups excluding carboxylic acids is 1. The van der Waals surface area contributed by atoms with E-state index in [2.05, 4.69) is 15.6 Å². The van der Waals surface area contributed by atoms with E-state index >= 15 is 0 Å². The number of nitrogens with one attached hydrogen (secondary N) is 2. The zero-order valence-corrected chi connectivity index (χ0v) is 8.92. The molecule has 0 saturated heterocycles. The number of nitrogens with zero attached hydrogens (tertiary/aromatic N) is 1. The number of hydrogen-bond donors (Lipinski definition) is 3. The number of phenolic OH excluding ortho intramolecular Hbond substituents is 1. The van der Waals surface area contributed by atoms with Crippen molar-refractivity contribution in [2.45, 2.75) is 0 Å². The lowest BCUT2D eigenvalue weighted by atomic mass is 10.3. The molecule has 86 valence electrons. The molecule has 2 amide bonds. The molecular weight excluding hydrogens is 218 g/mol. The molecule has 1 heterocycles. The number of aromatic nitrogens is 1. The van der Waals surface area contributed by atoms with E-state index in [4.69, 9.17) is 0 Å². The fourth-order valence-electron chi connectivity index (χ4n) is 1.30. The molecule has 3 N–H and O–H groups in total. The summed E-state index contributed by atoms with van der Waals surface area (Å²) in [7, 11) is 0. The van der Waals surface area contributed by atoms with Crippen molar-refractivity contribution in [3.63, 3.8) is 0 Å². The number of pyridine rings is 1. The van der Waals surface area contributed by atoms with Crippen LogP contribution in [0.1, 0.15) is 0 Å². The van der Waals surface area contributed by atoms with Gasteiger partial charge >= 0.3 is 6.03 Å². The fourth-order valence-corrected chi connectivity index (χ4v) is 1.30. The number of rotatable bonds is 2. The largest absolute Gasteiger partial charge is 0.506 e. The Morgan fingerprint density at radius 2 is 1.94 bits per heavy atom. The van der Waals surface area contributed by atoms with Crippen molar-refractivity contribution in [1.82, 2.24) is 4.98 Å². The third-order valence-corrected chi connectivity index (χ3v) is 2.07. The highest BCUT2D eigenvalue weighted by Crippen LogP contribution is 2.21. The Balaban J connectivity index is 2.01. The maximum absolute atomic E-state index is 11.6. The van der Waals surface area contributed by atoms with Crippen molar-refractivity contribution in [3.05, 3.63) is 48.8 Å². The number of hydrogen-bond acceptors (Lipinski definition) is 3. The van der Waals surface area contributed by atoms with Crippen molar-refractivity contribution in [3.8, 4) is 5.75 Å². The molecule has 0 spiro atoms. The van der Waals surface area contributed by atoms with E-state index in [1.807, 2.05) is 0 Å². The molecule has 2 aromatic rings. The van der Waals surface area contributed by atoms with Gasteiger partial charge in [-0.2, -0.15) is 0 Å². The molecule has 0 saturated carbocycles. The van der Waals surface area contributed by atoms with Gasteiger partial charge in [0.15, 0.2) is 0 Å². The number of aromatic hydroxyl groups is 1. The molecule has 0 atom stereocenters. The van der Waals surface area contributed by atoms with Crippen LogP contribution < -0.4 is 10.6 Å². The number of phenols is 1. The number of amides is 2. The first kappa shape index (κ1) is 10.9. The monoisotopic (exact) mass is 229 g/mol. The van der Waals surface area contributed by atoms with Gasteiger partial charge in [-0.15, -0.1) is 0 Å². The smallest absolute Gasteiger partial charge is 0.323 e. The molecule has 0 fully saturated rings. The number of urea groups is 1. The Bertz CT molecular complexity index is 514. The van der Waals surface area contributed by atoms with Gasteiger partial charge in [0.05, 0.1) is 17.6 Å². The summed E-state index contributed by atoms with van der Waals surface area (Å²) in [5.74, 6) is 0.0221. The molecule has 0 aliphatic rings. The van der Waals surface area contributed by atoms with Gasteiger partial charge in [0, 0.05) is 6.20 Å². The standard InChI is InChI=1S/C12H11N3O2/c16-11-6-2-1-5-10(11)15-12(17)14-9-4-3-7-13-8-9/h1-8,16H,(H2,14,15,17). The second-order valence-electron chi connectivity index (χ2n) is 3.34. The molecule has 2 rings (SSSR count). The van der Waals surface area contributed by atoms with Gasteiger partial charge in [-0.25, -0.2) is 4.79 Å². The molecular formula is C12H11N3O2. The van der Waals surface area contributed by atoms with E-state index in [1.165, 1.54) is 12.3 Å². The minimum atomic E-state index is -0.431. The van der Waals surface area contributed by atoms with E-state index in [1.54, 1.807) is 36.5 Å². The lowest BCUT2D eigenvalue weighted by molar-refractivity contribution is 0.262. The minimum absolute atomic E-state index is 0.0221. The van der Waals surface area contributed by atoms with Crippen molar-refractivity contribution < 1.29 is 9.90 Å². The number of anilines is 2. The molecule has 5 heteroatoms. The Labute approximate surface area is 98.1 Å². The predicted octanol–water partition coefficient (Wildman–Crippen LogP) is 2.43. The summed E-state index contributed by atoms with van der Waals surface area (Å²) in [6.07, 6.45) is 3.15. The number of para-hydroxylation sites is 2. The summed E-state index contributed by atoms with van der Waals surface area (Å²) in [6, 6.07) is 9.52. The summed E-state index contributed by atoms with van der Waals surface area (Å²) in [5, 5.41) is 14.6. The average Bonchev–Trinajstić information content (AvgIpc) is 2.33. The molecule has 0 radical (unpaired) electrons. The zero-order chi connectivity index (χ0) is 12.1. The summed E-state index contributed by atoms with van der Waals surface area (Å²) in [4.78, 5) is 15.4. The molecule has 0 aliphatic carbocycles. The number of benzene rings is 1. The van der Waals surface area contributed by atoms with Crippen LogP contribution in [0, 0.1) is 0 Å². The van der Waals surface area contributed by atoms with Crippen molar-refractivity contribution in [2.75, 3.05) is 10.6 Å². The van der Waals surface area contributed by atoms with Gasteiger partial charge in [-0.05, 0) is 24.3 Å². The fraction of sp³-hybridized carbons (Fsp3) is 0. The van der Waals surface area contributed by atoms with E-state index in [0.29, 0.717) is 11.4 Å². The Hall–Kier alpha value is -2.56. The van der Waals surface area contributed by atoms with Crippen LogP contribution in [0.3, 0.4) is 0 Å². The Morgan fingerprint density at radius 3 is 2.65 bits per heavy atom. The van der Waals surface area contributed by atoms with Crippen LogP contribution >= 0.6 is 0 Å². The van der Waals surface area contributed by atoms with Crippen LogP contribution in [-0.2, 0) is 0 Å². The second kappa shape index (κ2) is 4.98. The maximum atomic E-state index is 11.6. The SMILES string of the molecule is O=C(Nc1cccnc1)Nc1ccccc1O. The first-order valence-electron chi connectivity index (χ1n) is 5.02. The van der Waals surface area contributed by atoms with Crippen LogP contribution in [-0.4, -0.2) is 16.1 Å². The Kier molecular flexibility index (Phi) is 3.20. The van der Waals surface area contributed by atoms with Crippen molar-refractivity contribution >= 4 is 17.4 Å². The minimum Gasteiger partial charge on any atom is -0.506 e. The van der Waals surface area contributed by atoms with Crippen molar-refractivity contribution in [2.24, 2.45) is 0 Å². The topological polar surface area (TPSA) is 74.2 Å². The highest BCUT2D eigenvalue weighted by molar-refractivity contribution is 6.00. The molecule has 0 bridgehead atoms. The van der Waals surface area contributed by atoms with Gasteiger partial charge in [0.25, 0.3) is 0 Å². The predicted molar refractivity (Wildman–Crippen MR) is 65.0 cm³/mol. The van der Waals surface area contributed by atoms with Crippen LogP contribution in [0.25, 0.3) is 0 Å². The highest BCUT2D eigenvalue weighted by atomic mass is 16.3. The molecule has 1 aromatic heterocycles. The zero-order valence-electron chi connectivity index (χ0n) is 8.92. The van der Waals surface area contributed by atoms with E-state index in [-0.39, 0.29) is 5.75 Å². The summed E-state index contributed by atoms with van der Waals surface area (Å²) >= 11 is 0. The summed E-state index contributed by atoms with van der Waals surface area (Å²) in [6.45, 7) is 0. The third-order valence-electron chi connectivity index (χ3n) is 2.07. The van der Waals surface area contributed by atoms with E-state index in [9.17, 15) is 9.90 Å². The Morgan fingerprint density at radius 1 is 1.12 bits per heavy atom. The van der Waals surface area contributed by atoms with Crippen LogP contribution in [0.15, 0.2) is 48.8 Å². The quantitative estimate of drug-likeness (QED) is 0.692. The normalized spacial score (nSPS) is 9.65. The van der Waals surface area contributed by atoms with Crippen molar-refractivity contribution in [1.29, 1.82) is 0 Å². The highest BCUT2D eigenvalue weighted by Gasteiger charge is 2.05. The summed E-state index contributed by atoms with van der Waals surface area (Å²) < 4.78 is 0. The maximum Gasteiger partial charge on any atom is 0.323 e. The van der Waals surface area contributed by atoms with Crippen LogP contribution in [0.2, 0.25) is 0 Å². The molecule has 0 aliphatic heterocycles. The van der Waals surface area contributed by atoms with Crippen LogP contribution in [0.4, 0.5) is 16.2 Å². The first-order chi connectivity index (χ1) is 8.25. The van der Waals surface area contributed by atoms with Gasteiger partial charge in [-0.3, -0.25) is 4.98 Å². The lowest BCUT2D eigenvalue weighted by Crippen LogP contribution is -2.19. The third kappa shape index (κ3) is 2.94. The average molecular weight is 229 g/mol. The van der Waals surface area contributed by atoms with Gasteiger partial charge in [-0.1, -0.05) is 12.1 Å². The van der Waals surface area contributed by atoms with E-state index in [0.717, 1.165) is 0 Å². The van der Waals surface area contributed by atoms with Gasteiger partial charge in [0.2, 0.25) is 0 Å². The number of carbonyl (C=O) groups is 1. The second-order valence-corrected chi connectivity index (χ2v) is 3.34. The van der Waals surface area contributed by atoms with Crippen LogP contribution in [0.5, 0.6) is 5.75 Å². The summed E-state index contributed by atoms with van der Waals surface area (Å²) in [5.41, 5.74) is 0.939. The molecule has 5 nitrogen and oxygen atoms in total. The molecule has 17 heavy (non-hydrogen) atoms. The molecule has 0 unspecified atom stereocenters. The van der Waals surface area contributed by atoms with E-state index < -0.39 is 6.03 Å². The lowest BCUT2D eigenvalue weighted by Gasteiger charge is -2.08. The van der Waals surface area contributed by atoms with Gasteiger partial charge in [0.1, 0.15) is 5.75 Å².